The van der Waals surface area contributed by atoms with Gasteiger partial charge in [0.15, 0.2) is 0 Å². The van der Waals surface area contributed by atoms with Gasteiger partial charge in [-0.15, -0.1) is 0 Å². The van der Waals surface area contributed by atoms with Gasteiger partial charge in [-0.05, 0) is 35.2 Å². The van der Waals surface area contributed by atoms with Gasteiger partial charge in [0.25, 0.3) is 0 Å². The highest BCUT2D eigenvalue weighted by Crippen LogP contribution is 2.23. The van der Waals surface area contributed by atoms with Gasteiger partial charge < -0.3 is 5.73 Å². The first-order chi connectivity index (χ1) is 8.19. The molecular formula is C14H13Cl2N. The van der Waals surface area contributed by atoms with Crippen molar-refractivity contribution in [3.05, 3.63) is 69.2 Å². The summed E-state index contributed by atoms with van der Waals surface area (Å²) in [5, 5.41) is 1.37. The molecule has 2 aromatic carbocycles. The van der Waals surface area contributed by atoms with Crippen molar-refractivity contribution >= 4 is 23.2 Å². The van der Waals surface area contributed by atoms with Crippen LogP contribution in [0.4, 0.5) is 0 Å². The molecule has 88 valence electrons. The van der Waals surface area contributed by atoms with Crippen LogP contribution >= 0.6 is 23.2 Å². The molecule has 0 aliphatic heterocycles. The third-order valence-electron chi connectivity index (χ3n) is 2.64. The maximum atomic E-state index is 6.14. The Kier molecular flexibility index (Phi) is 4.06. The molecule has 1 nitrogen and oxygen atoms in total. The SMILES string of the molecule is NCc1cccc(Cc2ccc(Cl)cc2Cl)c1. The van der Waals surface area contributed by atoms with Crippen molar-refractivity contribution in [1.29, 1.82) is 0 Å². The molecule has 2 rings (SSSR count). The van der Waals surface area contributed by atoms with Crippen LogP contribution in [0.5, 0.6) is 0 Å². The Morgan fingerprint density at radius 1 is 0.941 bits per heavy atom. The van der Waals surface area contributed by atoms with Gasteiger partial charge in [-0.25, -0.2) is 0 Å². The van der Waals surface area contributed by atoms with Gasteiger partial charge in [0, 0.05) is 16.6 Å². The zero-order chi connectivity index (χ0) is 12.3. The van der Waals surface area contributed by atoms with Gasteiger partial charge >= 0.3 is 0 Å². The summed E-state index contributed by atoms with van der Waals surface area (Å²) in [4.78, 5) is 0. The maximum Gasteiger partial charge on any atom is 0.0456 e. The first kappa shape index (κ1) is 12.4. The van der Waals surface area contributed by atoms with E-state index in [-0.39, 0.29) is 0 Å². The molecule has 0 unspecified atom stereocenters. The first-order valence-corrected chi connectivity index (χ1v) is 6.16. The summed E-state index contributed by atoms with van der Waals surface area (Å²) < 4.78 is 0. The molecular weight excluding hydrogens is 253 g/mol. The number of hydrogen-bond acceptors (Lipinski definition) is 1. The number of nitrogens with two attached hydrogens (primary N) is 1. The molecule has 0 heterocycles. The highest BCUT2D eigenvalue weighted by Gasteiger charge is 2.03. The summed E-state index contributed by atoms with van der Waals surface area (Å²) in [7, 11) is 0. The lowest BCUT2D eigenvalue weighted by atomic mass is 10.0. The van der Waals surface area contributed by atoms with Gasteiger partial charge in [0.1, 0.15) is 0 Å². The normalized spacial score (nSPS) is 10.5. The third kappa shape index (κ3) is 3.22. The predicted octanol–water partition coefficient (Wildman–Crippen LogP) is 4.04. The summed E-state index contributed by atoms with van der Waals surface area (Å²) in [6, 6.07) is 13.8. The van der Waals surface area contributed by atoms with Crippen molar-refractivity contribution in [3.8, 4) is 0 Å². The first-order valence-electron chi connectivity index (χ1n) is 5.41. The second-order valence-corrected chi connectivity index (χ2v) is 4.78. The van der Waals surface area contributed by atoms with Crippen molar-refractivity contribution in [2.45, 2.75) is 13.0 Å². The van der Waals surface area contributed by atoms with Gasteiger partial charge in [-0.2, -0.15) is 0 Å². The van der Waals surface area contributed by atoms with Crippen LogP contribution in [0.1, 0.15) is 16.7 Å². The highest BCUT2D eigenvalue weighted by atomic mass is 35.5. The van der Waals surface area contributed by atoms with E-state index in [1.165, 1.54) is 5.56 Å². The monoisotopic (exact) mass is 265 g/mol. The van der Waals surface area contributed by atoms with E-state index in [4.69, 9.17) is 28.9 Å². The lowest BCUT2D eigenvalue weighted by Gasteiger charge is -2.06. The summed E-state index contributed by atoms with van der Waals surface area (Å²) in [6.07, 6.45) is 0.795. The molecule has 17 heavy (non-hydrogen) atoms. The van der Waals surface area contributed by atoms with Crippen LogP contribution in [-0.2, 0) is 13.0 Å². The number of benzene rings is 2. The van der Waals surface area contributed by atoms with Crippen LogP contribution in [-0.4, -0.2) is 0 Å². The van der Waals surface area contributed by atoms with E-state index in [9.17, 15) is 0 Å². The fraction of sp³-hybridized carbons (Fsp3) is 0.143. The summed E-state index contributed by atoms with van der Waals surface area (Å²) in [6.45, 7) is 0.558. The van der Waals surface area contributed by atoms with Crippen LogP contribution in [0.3, 0.4) is 0 Å². The smallest absolute Gasteiger partial charge is 0.0456 e. The van der Waals surface area contributed by atoms with Crippen molar-refractivity contribution in [3.63, 3.8) is 0 Å². The molecule has 0 aliphatic carbocycles. The van der Waals surface area contributed by atoms with E-state index >= 15 is 0 Å². The molecule has 0 aliphatic rings. The fourth-order valence-electron chi connectivity index (χ4n) is 1.75. The minimum Gasteiger partial charge on any atom is -0.326 e. The Morgan fingerprint density at radius 3 is 2.41 bits per heavy atom. The van der Waals surface area contributed by atoms with Crippen LogP contribution in [0.15, 0.2) is 42.5 Å². The Labute approximate surface area is 111 Å². The Bertz CT molecular complexity index is 523. The lowest BCUT2D eigenvalue weighted by molar-refractivity contribution is 1.06. The van der Waals surface area contributed by atoms with Gasteiger partial charge in [-0.3, -0.25) is 0 Å². The fourth-order valence-corrected chi connectivity index (χ4v) is 2.23. The van der Waals surface area contributed by atoms with Crippen LogP contribution in [0.2, 0.25) is 10.0 Å². The van der Waals surface area contributed by atoms with E-state index in [1.54, 1.807) is 6.07 Å². The largest absolute Gasteiger partial charge is 0.326 e. The van der Waals surface area contributed by atoms with Crippen molar-refractivity contribution in [1.82, 2.24) is 0 Å². The Hall–Kier alpha value is -1.02. The van der Waals surface area contributed by atoms with Crippen molar-refractivity contribution in [2.75, 3.05) is 0 Å². The number of hydrogen-bond donors (Lipinski definition) is 1. The third-order valence-corrected chi connectivity index (χ3v) is 3.22. The van der Waals surface area contributed by atoms with E-state index in [0.29, 0.717) is 16.6 Å². The summed E-state index contributed by atoms with van der Waals surface area (Å²) in [5.41, 5.74) is 9.03. The minimum absolute atomic E-state index is 0.558. The second kappa shape index (κ2) is 5.54. The molecule has 0 radical (unpaired) electrons. The van der Waals surface area contributed by atoms with E-state index in [1.807, 2.05) is 24.3 Å². The average molecular weight is 266 g/mol. The molecule has 0 fully saturated rings. The predicted molar refractivity (Wildman–Crippen MR) is 73.6 cm³/mol. The van der Waals surface area contributed by atoms with Gasteiger partial charge in [-0.1, -0.05) is 53.5 Å². The Balaban J connectivity index is 2.25. The molecule has 3 heteroatoms. The maximum absolute atomic E-state index is 6.14. The van der Waals surface area contributed by atoms with E-state index in [0.717, 1.165) is 17.5 Å². The number of rotatable bonds is 3. The number of halogens is 2. The van der Waals surface area contributed by atoms with Gasteiger partial charge in [0.2, 0.25) is 0 Å². The van der Waals surface area contributed by atoms with Crippen molar-refractivity contribution in [2.24, 2.45) is 5.73 Å². The standard InChI is InChI=1S/C14H13Cl2N/c15-13-5-4-12(14(16)8-13)7-10-2-1-3-11(6-10)9-17/h1-6,8H,7,9,17H2. The second-order valence-electron chi connectivity index (χ2n) is 3.94. The molecule has 0 spiro atoms. The van der Waals surface area contributed by atoms with E-state index in [2.05, 4.69) is 12.1 Å². The minimum atomic E-state index is 0.558. The molecule has 0 saturated carbocycles. The molecule has 0 aromatic heterocycles. The quantitative estimate of drug-likeness (QED) is 0.891. The highest BCUT2D eigenvalue weighted by molar-refractivity contribution is 6.35. The van der Waals surface area contributed by atoms with E-state index < -0.39 is 0 Å². The van der Waals surface area contributed by atoms with Gasteiger partial charge in [0.05, 0.1) is 0 Å². The zero-order valence-electron chi connectivity index (χ0n) is 9.29. The van der Waals surface area contributed by atoms with Crippen LogP contribution in [0.25, 0.3) is 0 Å². The summed E-state index contributed by atoms with van der Waals surface area (Å²) >= 11 is 12.0. The topological polar surface area (TPSA) is 26.0 Å². The molecule has 0 amide bonds. The molecule has 0 bridgehead atoms. The molecule has 2 aromatic rings. The van der Waals surface area contributed by atoms with Crippen molar-refractivity contribution < 1.29 is 0 Å². The van der Waals surface area contributed by atoms with Crippen LogP contribution in [0, 0.1) is 0 Å². The average Bonchev–Trinajstić information content (AvgIpc) is 2.33. The molecule has 0 saturated heterocycles. The lowest BCUT2D eigenvalue weighted by Crippen LogP contribution is -1.97. The zero-order valence-corrected chi connectivity index (χ0v) is 10.8. The molecule has 0 atom stereocenters. The summed E-state index contributed by atoms with van der Waals surface area (Å²) in [5.74, 6) is 0. The Morgan fingerprint density at radius 2 is 1.71 bits per heavy atom. The van der Waals surface area contributed by atoms with Crippen LogP contribution < -0.4 is 5.73 Å². The molecule has 2 N–H and O–H groups in total.